The van der Waals surface area contributed by atoms with Crippen molar-refractivity contribution in [1.82, 2.24) is 9.80 Å². The van der Waals surface area contributed by atoms with Crippen LogP contribution < -0.4 is 0 Å². The largest absolute Gasteiger partial charge is 0.365 e. The number of Topliss-reactive ketones (excluding diaryl/α,β-unsaturated/α-hetero) is 1. The Bertz CT molecular complexity index is 1210. The third-order valence-corrected chi connectivity index (χ3v) is 7.37. The molecule has 10 heteroatoms. The maximum atomic E-state index is 12.7. The van der Waals surface area contributed by atoms with E-state index in [1.165, 1.54) is 0 Å². The Hall–Kier alpha value is -1.44. The van der Waals surface area contributed by atoms with Crippen LogP contribution in [0.15, 0.2) is 83.6 Å². The van der Waals surface area contributed by atoms with Crippen molar-refractivity contribution in [3.63, 3.8) is 0 Å². The van der Waals surface area contributed by atoms with Gasteiger partial charge in [0.25, 0.3) is 0 Å². The van der Waals surface area contributed by atoms with Crippen molar-refractivity contribution in [2.24, 2.45) is 0 Å². The fourth-order valence-corrected chi connectivity index (χ4v) is 4.84. The van der Waals surface area contributed by atoms with Gasteiger partial charge in [0, 0.05) is 37.5 Å². The summed E-state index contributed by atoms with van der Waals surface area (Å²) in [6, 6.07) is 20.0. The molecule has 0 N–H and O–H groups in total. The van der Waals surface area contributed by atoms with Crippen molar-refractivity contribution in [3.8, 4) is 0 Å². The molecule has 0 saturated heterocycles. The van der Waals surface area contributed by atoms with Gasteiger partial charge in [-0.25, -0.2) is 0 Å². The molecular weight excluding hydrogens is 629 g/mol. The molecule has 190 valence electrons. The van der Waals surface area contributed by atoms with E-state index in [0.717, 1.165) is 15.6 Å². The van der Waals surface area contributed by atoms with Gasteiger partial charge < -0.3 is 14.5 Å². The lowest BCUT2D eigenvalue weighted by Crippen LogP contribution is -2.37. The molecule has 0 bridgehead atoms. The molecule has 0 aromatic heterocycles. The number of rotatable bonds is 9. The van der Waals surface area contributed by atoms with E-state index in [2.05, 4.69) is 15.9 Å². The van der Waals surface area contributed by atoms with Gasteiger partial charge in [-0.05, 0) is 47.5 Å². The van der Waals surface area contributed by atoms with Crippen LogP contribution in [0.5, 0.6) is 0 Å². The first-order valence-corrected chi connectivity index (χ1v) is 13.1. The SMILES string of the molecule is Cl.O=C(CN1C=CN(C(Cl)C(OCc2ccc(Cl)cc2Cl)c2ccc(Cl)cc2)C1)c1ccc(Br)cc1. The lowest BCUT2D eigenvalue weighted by Gasteiger charge is -2.31. The lowest BCUT2D eigenvalue weighted by molar-refractivity contribution is 0.00699. The van der Waals surface area contributed by atoms with Gasteiger partial charge in [-0.1, -0.05) is 92.7 Å². The topological polar surface area (TPSA) is 32.8 Å². The van der Waals surface area contributed by atoms with Crippen molar-refractivity contribution >= 4 is 80.5 Å². The molecule has 2 atom stereocenters. The predicted molar refractivity (Wildman–Crippen MR) is 153 cm³/mol. The zero-order valence-corrected chi connectivity index (χ0v) is 24.2. The van der Waals surface area contributed by atoms with Crippen LogP contribution in [-0.4, -0.2) is 34.3 Å². The highest BCUT2D eigenvalue weighted by Gasteiger charge is 2.30. The van der Waals surface area contributed by atoms with Gasteiger partial charge >= 0.3 is 0 Å². The summed E-state index contributed by atoms with van der Waals surface area (Å²) >= 11 is 28.8. The van der Waals surface area contributed by atoms with Gasteiger partial charge in [0.05, 0.1) is 19.8 Å². The van der Waals surface area contributed by atoms with Crippen LogP contribution in [-0.2, 0) is 11.3 Å². The maximum Gasteiger partial charge on any atom is 0.182 e. The molecule has 0 radical (unpaired) electrons. The average molecular weight is 652 g/mol. The molecule has 3 aromatic carbocycles. The maximum absolute atomic E-state index is 12.7. The molecule has 36 heavy (non-hydrogen) atoms. The number of halogens is 6. The van der Waals surface area contributed by atoms with Crippen LogP contribution in [0.3, 0.4) is 0 Å². The van der Waals surface area contributed by atoms with Crippen molar-refractivity contribution in [1.29, 1.82) is 0 Å². The van der Waals surface area contributed by atoms with E-state index in [9.17, 15) is 4.79 Å². The van der Waals surface area contributed by atoms with Gasteiger partial charge in [-0.15, -0.1) is 12.4 Å². The first kappa shape index (κ1) is 29.1. The molecule has 2 unspecified atom stereocenters. The average Bonchev–Trinajstić information content (AvgIpc) is 3.30. The van der Waals surface area contributed by atoms with E-state index in [1.54, 1.807) is 36.4 Å². The normalized spacial score (nSPS) is 14.5. The number of nitrogens with zero attached hydrogens (tertiary/aromatic N) is 2. The van der Waals surface area contributed by atoms with Crippen molar-refractivity contribution in [2.75, 3.05) is 13.2 Å². The fourth-order valence-electron chi connectivity index (χ4n) is 3.64. The van der Waals surface area contributed by atoms with Crippen LogP contribution in [0, 0.1) is 0 Å². The molecule has 0 amide bonds. The number of benzene rings is 3. The Morgan fingerprint density at radius 3 is 2.28 bits per heavy atom. The highest BCUT2D eigenvalue weighted by atomic mass is 79.9. The minimum absolute atomic E-state index is 0. The quantitative estimate of drug-likeness (QED) is 0.132. The van der Waals surface area contributed by atoms with E-state index in [4.69, 9.17) is 51.1 Å². The third-order valence-electron chi connectivity index (χ3n) is 5.53. The van der Waals surface area contributed by atoms with Gasteiger partial charge in [-0.2, -0.15) is 0 Å². The summed E-state index contributed by atoms with van der Waals surface area (Å²) in [5.41, 5.74) is 1.78. The number of ketones is 1. The Kier molecular flexibility index (Phi) is 10.8. The standard InChI is InChI=1S/C26H21BrCl4N2O2.ClH/c27-20-6-1-17(2-7-20)24(34)14-32-11-12-33(16-32)26(31)25(18-3-8-21(28)9-4-18)35-15-19-5-10-22(29)13-23(19)30;/h1-13,25-26H,14-16H2;1H. The summed E-state index contributed by atoms with van der Waals surface area (Å²) in [6.07, 6.45) is 3.24. The Balaban J connectivity index is 0.00000361. The summed E-state index contributed by atoms with van der Waals surface area (Å²) in [4.78, 5) is 16.5. The van der Waals surface area contributed by atoms with Crippen LogP contribution in [0.1, 0.15) is 27.6 Å². The molecule has 1 heterocycles. The number of ether oxygens (including phenoxy) is 1. The van der Waals surface area contributed by atoms with E-state index >= 15 is 0 Å². The predicted octanol–water partition coefficient (Wildman–Crippen LogP) is 8.58. The molecule has 4 nitrogen and oxygen atoms in total. The Morgan fingerprint density at radius 1 is 0.944 bits per heavy atom. The molecule has 3 aromatic rings. The summed E-state index contributed by atoms with van der Waals surface area (Å²) in [6.45, 7) is 0.937. The fraction of sp³-hybridized carbons (Fsp3) is 0.192. The highest BCUT2D eigenvalue weighted by molar-refractivity contribution is 9.10. The lowest BCUT2D eigenvalue weighted by atomic mass is 10.1. The zero-order chi connectivity index (χ0) is 24.9. The van der Waals surface area contributed by atoms with Crippen molar-refractivity contribution in [3.05, 3.63) is 115 Å². The molecule has 0 saturated carbocycles. The van der Waals surface area contributed by atoms with E-state index in [0.29, 0.717) is 27.3 Å². The Morgan fingerprint density at radius 2 is 1.61 bits per heavy atom. The number of hydrogen-bond donors (Lipinski definition) is 0. The summed E-state index contributed by atoms with van der Waals surface area (Å²) < 4.78 is 7.21. The second-order valence-corrected chi connectivity index (χ2v) is 10.7. The highest BCUT2D eigenvalue weighted by Crippen LogP contribution is 2.33. The van der Waals surface area contributed by atoms with Gasteiger partial charge in [0.15, 0.2) is 5.78 Å². The van der Waals surface area contributed by atoms with Gasteiger partial charge in [0.2, 0.25) is 0 Å². The van der Waals surface area contributed by atoms with E-state index in [-0.39, 0.29) is 31.3 Å². The van der Waals surface area contributed by atoms with Crippen LogP contribution in [0.25, 0.3) is 0 Å². The number of hydrogen-bond acceptors (Lipinski definition) is 4. The summed E-state index contributed by atoms with van der Waals surface area (Å²) in [5, 5.41) is 1.71. The van der Waals surface area contributed by atoms with Crippen LogP contribution in [0.2, 0.25) is 15.1 Å². The van der Waals surface area contributed by atoms with Crippen LogP contribution in [0.4, 0.5) is 0 Å². The molecule has 0 spiro atoms. The summed E-state index contributed by atoms with van der Waals surface area (Å²) in [7, 11) is 0. The van der Waals surface area contributed by atoms with Crippen LogP contribution >= 0.6 is 74.7 Å². The van der Waals surface area contributed by atoms with E-state index in [1.807, 2.05) is 52.5 Å². The second-order valence-electron chi connectivity index (χ2n) is 8.02. The number of alkyl halides is 1. The van der Waals surface area contributed by atoms with Gasteiger partial charge in [0.1, 0.15) is 11.6 Å². The zero-order valence-electron chi connectivity index (χ0n) is 18.8. The molecule has 0 fully saturated rings. The number of carbonyl (C=O) groups is 1. The van der Waals surface area contributed by atoms with Gasteiger partial charge in [-0.3, -0.25) is 4.79 Å². The minimum Gasteiger partial charge on any atom is -0.365 e. The molecule has 1 aliphatic heterocycles. The van der Waals surface area contributed by atoms with Crippen molar-refractivity contribution < 1.29 is 9.53 Å². The minimum atomic E-state index is -0.550. The first-order chi connectivity index (χ1) is 16.8. The Labute approximate surface area is 245 Å². The van der Waals surface area contributed by atoms with E-state index < -0.39 is 11.6 Å². The van der Waals surface area contributed by atoms with Crippen molar-refractivity contribution in [2.45, 2.75) is 18.2 Å². The molecule has 1 aliphatic rings. The monoisotopic (exact) mass is 648 g/mol. The smallest absolute Gasteiger partial charge is 0.182 e. The first-order valence-electron chi connectivity index (χ1n) is 10.7. The molecule has 4 rings (SSSR count). The molecular formula is C26H22BrCl5N2O2. The second kappa shape index (κ2) is 13.4. The molecule has 0 aliphatic carbocycles. The summed E-state index contributed by atoms with van der Waals surface area (Å²) in [5.74, 6) is 0.0259. The third kappa shape index (κ3) is 7.55. The number of carbonyl (C=O) groups excluding carboxylic acids is 1.